The average molecular weight is 314 g/mol. The number of nitrogens with one attached hydrogen (secondary N) is 1. The molecule has 1 aromatic heterocycles. The number of rotatable bonds is 4. The van der Waals surface area contributed by atoms with Crippen molar-refractivity contribution in [1.82, 2.24) is 9.97 Å². The van der Waals surface area contributed by atoms with Gasteiger partial charge in [0.15, 0.2) is 11.4 Å². The first kappa shape index (κ1) is 15.9. The summed E-state index contributed by atoms with van der Waals surface area (Å²) in [6, 6.07) is 6.23. The van der Waals surface area contributed by atoms with Crippen molar-refractivity contribution >= 4 is 5.97 Å². The Bertz CT molecular complexity index is 663. The molecule has 2 rings (SSSR count). The van der Waals surface area contributed by atoms with E-state index < -0.39 is 23.5 Å². The van der Waals surface area contributed by atoms with Gasteiger partial charge in [-0.3, -0.25) is 0 Å². The minimum absolute atomic E-state index is 0.0408. The van der Waals surface area contributed by atoms with Crippen molar-refractivity contribution in [2.24, 2.45) is 0 Å². The molecule has 1 N–H and O–H groups in total. The van der Waals surface area contributed by atoms with E-state index in [-0.39, 0.29) is 12.4 Å². The quantitative estimate of drug-likeness (QED) is 0.880. The number of imidazole rings is 1. The smallest absolute Gasteiger partial charge is 0.433 e. The second-order valence-corrected chi connectivity index (χ2v) is 4.26. The molecule has 0 bridgehead atoms. The maximum Gasteiger partial charge on any atom is 0.433 e. The number of aromatic nitrogens is 2. The highest BCUT2D eigenvalue weighted by molar-refractivity contribution is 5.89. The predicted molar refractivity (Wildman–Crippen MR) is 71.5 cm³/mol. The number of hydrogen-bond acceptors (Lipinski definition) is 4. The first-order chi connectivity index (χ1) is 10.4. The molecular weight excluding hydrogens is 301 g/mol. The lowest BCUT2D eigenvalue weighted by molar-refractivity contribution is -0.141. The van der Waals surface area contributed by atoms with Crippen LogP contribution in [0.2, 0.25) is 0 Å². The van der Waals surface area contributed by atoms with Gasteiger partial charge >= 0.3 is 12.1 Å². The first-order valence-corrected chi connectivity index (χ1v) is 6.35. The van der Waals surface area contributed by atoms with Gasteiger partial charge in [0.25, 0.3) is 0 Å². The molecule has 8 heteroatoms. The van der Waals surface area contributed by atoms with Crippen LogP contribution in [-0.4, -0.2) is 29.7 Å². The fourth-order valence-electron chi connectivity index (χ4n) is 1.81. The molecule has 0 aliphatic heterocycles. The number of esters is 1. The van der Waals surface area contributed by atoms with E-state index in [1.54, 1.807) is 12.1 Å². The van der Waals surface area contributed by atoms with E-state index in [9.17, 15) is 18.0 Å². The van der Waals surface area contributed by atoms with Crippen molar-refractivity contribution in [1.29, 1.82) is 0 Å². The largest absolute Gasteiger partial charge is 0.497 e. The van der Waals surface area contributed by atoms with Crippen molar-refractivity contribution in [3.63, 3.8) is 0 Å². The summed E-state index contributed by atoms with van der Waals surface area (Å²) in [4.78, 5) is 17.5. The molecule has 2 aromatic rings. The monoisotopic (exact) mass is 314 g/mol. The summed E-state index contributed by atoms with van der Waals surface area (Å²) in [6.07, 6.45) is -4.74. The molecule has 22 heavy (non-hydrogen) atoms. The van der Waals surface area contributed by atoms with Gasteiger partial charge in [0.2, 0.25) is 0 Å². The lowest BCUT2D eigenvalue weighted by atomic mass is 10.2. The van der Waals surface area contributed by atoms with Crippen molar-refractivity contribution in [2.45, 2.75) is 13.1 Å². The van der Waals surface area contributed by atoms with Crippen LogP contribution >= 0.6 is 0 Å². The summed E-state index contributed by atoms with van der Waals surface area (Å²) in [7, 11) is 1.47. The maximum atomic E-state index is 13.0. The number of ether oxygens (including phenoxy) is 2. The summed E-state index contributed by atoms with van der Waals surface area (Å²) < 4.78 is 48.6. The third-order valence-electron chi connectivity index (χ3n) is 2.82. The summed E-state index contributed by atoms with van der Waals surface area (Å²) in [5.74, 6) is -0.638. The van der Waals surface area contributed by atoms with E-state index in [1.165, 1.54) is 26.2 Å². The number of carbonyl (C=O) groups is 1. The summed E-state index contributed by atoms with van der Waals surface area (Å²) in [6.45, 7) is 1.46. The number of nitrogens with zero attached hydrogens (tertiary/aromatic N) is 1. The fourth-order valence-corrected chi connectivity index (χ4v) is 1.81. The van der Waals surface area contributed by atoms with Gasteiger partial charge in [0, 0.05) is 5.56 Å². The lowest BCUT2D eigenvalue weighted by Crippen LogP contribution is -2.15. The highest BCUT2D eigenvalue weighted by atomic mass is 19.4. The molecule has 1 aromatic carbocycles. The van der Waals surface area contributed by atoms with Gasteiger partial charge in [-0.15, -0.1) is 0 Å². The molecular formula is C14H13F3N2O3. The molecule has 118 valence electrons. The third-order valence-corrected chi connectivity index (χ3v) is 2.82. The Hall–Kier alpha value is -2.51. The number of methoxy groups -OCH3 is 1. The maximum absolute atomic E-state index is 13.0. The van der Waals surface area contributed by atoms with Crippen LogP contribution in [0.1, 0.15) is 23.1 Å². The predicted octanol–water partition coefficient (Wildman–Crippen LogP) is 3.28. The van der Waals surface area contributed by atoms with Crippen molar-refractivity contribution < 1.29 is 27.4 Å². The molecule has 1 heterocycles. The zero-order valence-corrected chi connectivity index (χ0v) is 11.8. The molecule has 0 saturated carbocycles. The Morgan fingerprint density at radius 1 is 1.27 bits per heavy atom. The Kier molecular flexibility index (Phi) is 4.39. The molecule has 0 spiro atoms. The van der Waals surface area contributed by atoms with Crippen molar-refractivity contribution in [2.75, 3.05) is 13.7 Å². The molecule has 5 nitrogen and oxygen atoms in total. The number of hydrogen-bond donors (Lipinski definition) is 1. The number of alkyl halides is 3. The van der Waals surface area contributed by atoms with E-state index in [0.717, 1.165) is 0 Å². The van der Waals surface area contributed by atoms with Gasteiger partial charge in [-0.2, -0.15) is 13.2 Å². The van der Waals surface area contributed by atoms with Gasteiger partial charge in [-0.05, 0) is 31.2 Å². The first-order valence-electron chi connectivity index (χ1n) is 6.35. The molecule has 0 radical (unpaired) electrons. The van der Waals surface area contributed by atoms with E-state index in [2.05, 4.69) is 14.7 Å². The van der Waals surface area contributed by atoms with Crippen LogP contribution in [-0.2, 0) is 10.9 Å². The van der Waals surface area contributed by atoms with Gasteiger partial charge in [-0.25, -0.2) is 9.78 Å². The SMILES string of the molecule is CCOC(=O)c1nc(-c2ccc(OC)cc2)[nH]c1C(F)(F)F. The molecule has 0 fully saturated rings. The molecule has 0 unspecified atom stereocenters. The van der Waals surface area contributed by atoms with E-state index in [1.807, 2.05) is 0 Å². The standard InChI is InChI=1S/C14H13F3N2O3/c1-3-22-13(20)10-11(14(15,16)17)19-12(18-10)8-4-6-9(21-2)7-5-8/h4-7H,3H2,1-2H3,(H,18,19). The number of aromatic amines is 1. The van der Waals surface area contributed by atoms with Crippen LogP contribution in [0.3, 0.4) is 0 Å². The molecule has 0 atom stereocenters. The molecule has 0 amide bonds. The minimum Gasteiger partial charge on any atom is -0.497 e. The minimum atomic E-state index is -4.74. The Labute approximate surface area is 124 Å². The third kappa shape index (κ3) is 3.21. The van der Waals surface area contributed by atoms with Crippen molar-refractivity contribution in [3.8, 4) is 17.1 Å². The number of carbonyl (C=O) groups excluding carboxylic acids is 1. The summed E-state index contributed by atoms with van der Waals surface area (Å²) in [5.41, 5.74) is -1.61. The Balaban J connectivity index is 2.47. The van der Waals surface area contributed by atoms with E-state index >= 15 is 0 Å². The van der Waals surface area contributed by atoms with Crippen LogP contribution in [0.25, 0.3) is 11.4 Å². The average Bonchev–Trinajstić information content (AvgIpc) is 2.93. The van der Waals surface area contributed by atoms with E-state index in [4.69, 9.17) is 4.74 Å². The fraction of sp³-hybridized carbons (Fsp3) is 0.286. The highest BCUT2D eigenvalue weighted by Gasteiger charge is 2.39. The van der Waals surface area contributed by atoms with Crippen LogP contribution < -0.4 is 4.74 Å². The van der Waals surface area contributed by atoms with Crippen LogP contribution in [0.15, 0.2) is 24.3 Å². The topological polar surface area (TPSA) is 64.2 Å². The van der Waals surface area contributed by atoms with Crippen LogP contribution in [0.5, 0.6) is 5.75 Å². The van der Waals surface area contributed by atoms with Crippen LogP contribution in [0, 0.1) is 0 Å². The lowest BCUT2D eigenvalue weighted by Gasteiger charge is -2.05. The zero-order chi connectivity index (χ0) is 16.3. The Morgan fingerprint density at radius 2 is 1.91 bits per heavy atom. The summed E-state index contributed by atoms with van der Waals surface area (Å²) >= 11 is 0. The number of halogens is 3. The number of benzene rings is 1. The second-order valence-electron chi connectivity index (χ2n) is 4.26. The summed E-state index contributed by atoms with van der Waals surface area (Å²) in [5, 5.41) is 0. The van der Waals surface area contributed by atoms with Gasteiger partial charge in [0.05, 0.1) is 13.7 Å². The second kappa shape index (κ2) is 6.08. The van der Waals surface area contributed by atoms with Crippen molar-refractivity contribution in [3.05, 3.63) is 35.7 Å². The van der Waals surface area contributed by atoms with E-state index in [0.29, 0.717) is 11.3 Å². The molecule has 0 aliphatic rings. The normalized spacial score (nSPS) is 11.3. The highest BCUT2D eigenvalue weighted by Crippen LogP contribution is 2.33. The zero-order valence-electron chi connectivity index (χ0n) is 11.8. The molecule has 0 aliphatic carbocycles. The number of H-pyrrole nitrogens is 1. The van der Waals surface area contributed by atoms with Crippen LogP contribution in [0.4, 0.5) is 13.2 Å². The molecule has 0 saturated heterocycles. The van der Waals surface area contributed by atoms with Gasteiger partial charge in [0.1, 0.15) is 11.6 Å². The van der Waals surface area contributed by atoms with Gasteiger partial charge in [-0.1, -0.05) is 0 Å². The van der Waals surface area contributed by atoms with Gasteiger partial charge < -0.3 is 14.5 Å². The Morgan fingerprint density at radius 3 is 2.41 bits per heavy atom.